The summed E-state index contributed by atoms with van der Waals surface area (Å²) in [5, 5.41) is 4.52. The van der Waals surface area contributed by atoms with Crippen LogP contribution in [0.3, 0.4) is 0 Å². The van der Waals surface area contributed by atoms with Crippen molar-refractivity contribution in [3.63, 3.8) is 0 Å². The van der Waals surface area contributed by atoms with E-state index >= 15 is 0 Å². The lowest BCUT2D eigenvalue weighted by molar-refractivity contribution is -0.128. The monoisotopic (exact) mass is 340 g/mol. The lowest BCUT2D eigenvalue weighted by atomic mass is 9.92. The van der Waals surface area contributed by atoms with Crippen molar-refractivity contribution in [2.24, 2.45) is 0 Å². The first-order valence-electron chi connectivity index (χ1n) is 9.17. The van der Waals surface area contributed by atoms with Gasteiger partial charge in [-0.1, -0.05) is 0 Å². The van der Waals surface area contributed by atoms with E-state index in [1.54, 1.807) is 6.33 Å². The van der Waals surface area contributed by atoms with Crippen molar-refractivity contribution in [3.05, 3.63) is 30.2 Å². The second-order valence-corrected chi connectivity index (χ2v) is 6.79. The molecule has 1 aromatic heterocycles. The Morgan fingerprint density at radius 3 is 2.92 bits per heavy atom. The topological polar surface area (TPSA) is 67.3 Å². The van der Waals surface area contributed by atoms with E-state index in [2.05, 4.69) is 21.4 Å². The number of benzene rings is 1. The number of nitrogens with zero attached hydrogens (tertiary/aromatic N) is 3. The summed E-state index contributed by atoms with van der Waals surface area (Å²) in [6.07, 6.45) is 5.53. The number of ether oxygens (including phenoxy) is 1. The molecule has 0 saturated carbocycles. The highest BCUT2D eigenvalue weighted by Gasteiger charge is 2.20. The van der Waals surface area contributed by atoms with E-state index in [4.69, 9.17) is 4.74 Å². The van der Waals surface area contributed by atoms with E-state index in [1.165, 1.54) is 0 Å². The molecule has 2 fully saturated rings. The van der Waals surface area contributed by atoms with Gasteiger partial charge in [0, 0.05) is 30.3 Å². The Kier molecular flexibility index (Phi) is 4.78. The number of nitrogens with one attached hydrogen (secondary N) is 1. The predicted octanol–water partition coefficient (Wildman–Crippen LogP) is 2.10. The van der Waals surface area contributed by atoms with E-state index < -0.39 is 0 Å². The summed E-state index contributed by atoms with van der Waals surface area (Å²) < 4.78 is 5.85. The fraction of sp³-hybridized carbons (Fsp3) is 0.526. The summed E-state index contributed by atoms with van der Waals surface area (Å²) >= 11 is 0. The molecule has 0 aliphatic carbocycles. The molecule has 1 N–H and O–H groups in total. The second kappa shape index (κ2) is 7.35. The standard InChI is InChI=1S/C19H24N4O2/c24-18-2-1-9-23(18)10-11-25-15-3-4-16-17(12-15)21-13-22-19(16)14-5-7-20-8-6-14/h3-4,12-14,20H,1-2,5-11H2. The molecule has 2 aliphatic heterocycles. The molecular weight excluding hydrogens is 316 g/mol. The molecule has 3 heterocycles. The fourth-order valence-corrected chi connectivity index (χ4v) is 3.78. The highest BCUT2D eigenvalue weighted by atomic mass is 16.5. The third-order valence-corrected chi connectivity index (χ3v) is 5.17. The van der Waals surface area contributed by atoms with Gasteiger partial charge in [-0.15, -0.1) is 0 Å². The first-order chi connectivity index (χ1) is 12.3. The van der Waals surface area contributed by atoms with Crippen molar-refractivity contribution in [3.8, 4) is 5.75 Å². The van der Waals surface area contributed by atoms with Gasteiger partial charge in [-0.3, -0.25) is 4.79 Å². The molecule has 2 saturated heterocycles. The van der Waals surface area contributed by atoms with Crippen LogP contribution >= 0.6 is 0 Å². The molecule has 1 amide bonds. The molecule has 132 valence electrons. The summed E-state index contributed by atoms with van der Waals surface area (Å²) in [6.45, 7) is 4.12. The fourth-order valence-electron chi connectivity index (χ4n) is 3.78. The number of carbonyl (C=O) groups is 1. The molecule has 4 rings (SSSR count). The van der Waals surface area contributed by atoms with Crippen LogP contribution in [-0.4, -0.2) is 53.6 Å². The minimum Gasteiger partial charge on any atom is -0.492 e. The van der Waals surface area contributed by atoms with Crippen molar-refractivity contribution < 1.29 is 9.53 Å². The van der Waals surface area contributed by atoms with Gasteiger partial charge in [-0.05, 0) is 44.5 Å². The van der Waals surface area contributed by atoms with Gasteiger partial charge < -0.3 is 15.0 Å². The van der Waals surface area contributed by atoms with E-state index in [-0.39, 0.29) is 5.91 Å². The third-order valence-electron chi connectivity index (χ3n) is 5.17. The highest BCUT2D eigenvalue weighted by molar-refractivity contribution is 5.82. The van der Waals surface area contributed by atoms with Crippen LogP contribution in [0.4, 0.5) is 0 Å². The first kappa shape index (κ1) is 16.3. The van der Waals surface area contributed by atoms with E-state index in [9.17, 15) is 4.79 Å². The quantitative estimate of drug-likeness (QED) is 0.903. The molecule has 0 radical (unpaired) electrons. The summed E-state index contributed by atoms with van der Waals surface area (Å²) in [6, 6.07) is 6.04. The zero-order valence-electron chi connectivity index (χ0n) is 14.4. The maximum Gasteiger partial charge on any atom is 0.222 e. The van der Waals surface area contributed by atoms with E-state index in [0.717, 1.165) is 61.2 Å². The number of amides is 1. The summed E-state index contributed by atoms with van der Waals surface area (Å²) in [5.41, 5.74) is 2.08. The largest absolute Gasteiger partial charge is 0.492 e. The van der Waals surface area contributed by atoms with Crippen LogP contribution in [0.1, 0.15) is 37.3 Å². The van der Waals surface area contributed by atoms with Crippen molar-refractivity contribution in [2.45, 2.75) is 31.6 Å². The first-order valence-corrected chi connectivity index (χ1v) is 9.17. The van der Waals surface area contributed by atoms with Gasteiger partial charge in [0.05, 0.1) is 17.8 Å². The molecule has 25 heavy (non-hydrogen) atoms. The van der Waals surface area contributed by atoms with Gasteiger partial charge in [0.1, 0.15) is 18.7 Å². The van der Waals surface area contributed by atoms with E-state index in [1.807, 2.05) is 17.0 Å². The SMILES string of the molecule is O=C1CCCN1CCOc1ccc2c(C3CCNCC3)ncnc2c1. The Morgan fingerprint density at radius 1 is 1.24 bits per heavy atom. The van der Waals surface area contributed by atoms with Crippen molar-refractivity contribution in [1.82, 2.24) is 20.2 Å². The maximum atomic E-state index is 11.6. The number of carbonyl (C=O) groups excluding carboxylic acids is 1. The third kappa shape index (κ3) is 3.58. The Labute approximate surface area is 147 Å². The molecule has 0 atom stereocenters. The van der Waals surface area contributed by atoms with Crippen molar-refractivity contribution >= 4 is 16.8 Å². The smallest absolute Gasteiger partial charge is 0.222 e. The predicted molar refractivity (Wildman–Crippen MR) is 95.7 cm³/mol. The highest BCUT2D eigenvalue weighted by Crippen LogP contribution is 2.30. The van der Waals surface area contributed by atoms with Gasteiger partial charge in [0.15, 0.2) is 0 Å². The van der Waals surface area contributed by atoms with Crippen molar-refractivity contribution in [2.75, 3.05) is 32.8 Å². The molecule has 6 heteroatoms. The van der Waals surface area contributed by atoms with Gasteiger partial charge in [-0.25, -0.2) is 9.97 Å². The minimum absolute atomic E-state index is 0.237. The van der Waals surface area contributed by atoms with Crippen molar-refractivity contribution in [1.29, 1.82) is 0 Å². The Bertz CT molecular complexity index is 758. The molecular formula is C19H24N4O2. The van der Waals surface area contributed by atoms with Crippen LogP contribution in [0.25, 0.3) is 10.9 Å². The number of fused-ring (bicyclic) bond motifs is 1. The number of piperidine rings is 1. The Hall–Kier alpha value is -2.21. The minimum atomic E-state index is 0.237. The van der Waals surface area contributed by atoms with Crippen LogP contribution in [0.5, 0.6) is 5.75 Å². The molecule has 6 nitrogen and oxygen atoms in total. The lowest BCUT2D eigenvalue weighted by Gasteiger charge is -2.23. The van der Waals surface area contributed by atoms with Crippen LogP contribution in [0, 0.1) is 0 Å². The summed E-state index contributed by atoms with van der Waals surface area (Å²) in [5.74, 6) is 1.54. The van der Waals surface area contributed by atoms with Crippen LogP contribution in [0.15, 0.2) is 24.5 Å². The van der Waals surface area contributed by atoms with Crippen LogP contribution < -0.4 is 10.1 Å². The van der Waals surface area contributed by atoms with Gasteiger partial charge in [0.25, 0.3) is 0 Å². The number of aromatic nitrogens is 2. The summed E-state index contributed by atoms with van der Waals surface area (Å²) in [4.78, 5) is 22.5. The number of rotatable bonds is 5. The molecule has 0 unspecified atom stereocenters. The second-order valence-electron chi connectivity index (χ2n) is 6.79. The molecule has 2 aromatic rings. The van der Waals surface area contributed by atoms with E-state index in [0.29, 0.717) is 25.5 Å². The Balaban J connectivity index is 1.45. The van der Waals surface area contributed by atoms with Crippen LogP contribution in [-0.2, 0) is 4.79 Å². The average Bonchev–Trinajstić information content (AvgIpc) is 3.07. The normalized spacial score (nSPS) is 18.9. The van der Waals surface area contributed by atoms with Gasteiger partial charge >= 0.3 is 0 Å². The van der Waals surface area contributed by atoms with Crippen LogP contribution in [0.2, 0.25) is 0 Å². The molecule has 2 aliphatic rings. The average molecular weight is 340 g/mol. The van der Waals surface area contributed by atoms with Gasteiger partial charge in [0.2, 0.25) is 5.91 Å². The lowest BCUT2D eigenvalue weighted by Crippen LogP contribution is -2.29. The number of likely N-dealkylation sites (tertiary alicyclic amines) is 1. The maximum absolute atomic E-state index is 11.6. The number of hydrogen-bond donors (Lipinski definition) is 1. The summed E-state index contributed by atoms with van der Waals surface area (Å²) in [7, 11) is 0. The molecule has 0 spiro atoms. The zero-order chi connectivity index (χ0) is 17.1. The van der Waals surface area contributed by atoms with Gasteiger partial charge in [-0.2, -0.15) is 0 Å². The number of hydrogen-bond acceptors (Lipinski definition) is 5. The Morgan fingerprint density at radius 2 is 2.12 bits per heavy atom. The molecule has 0 bridgehead atoms. The zero-order valence-corrected chi connectivity index (χ0v) is 14.4. The molecule has 1 aromatic carbocycles.